The number of carbonyl (C=O) groups excluding carboxylic acids is 2. The SMILES string of the molecule is Cc1cc(Cl)ccc1N1CC(C(=O)Nc2cccc(C(F)(F)F)c2)CC1=O. The van der Waals surface area contributed by atoms with Crippen LogP contribution in [0.25, 0.3) is 0 Å². The van der Waals surface area contributed by atoms with Crippen LogP contribution in [0, 0.1) is 12.8 Å². The molecule has 2 aromatic rings. The van der Waals surface area contributed by atoms with Crippen molar-refractivity contribution in [2.24, 2.45) is 5.92 Å². The molecule has 3 rings (SSSR count). The molecule has 0 aromatic heterocycles. The van der Waals surface area contributed by atoms with Crippen LogP contribution in [-0.2, 0) is 15.8 Å². The highest BCUT2D eigenvalue weighted by Gasteiger charge is 2.36. The van der Waals surface area contributed by atoms with Crippen LogP contribution in [0.15, 0.2) is 42.5 Å². The first-order valence-corrected chi connectivity index (χ1v) is 8.57. The average Bonchev–Trinajstić information content (AvgIpc) is 2.96. The fourth-order valence-electron chi connectivity index (χ4n) is 3.06. The van der Waals surface area contributed by atoms with Gasteiger partial charge in [0.25, 0.3) is 0 Å². The first-order valence-electron chi connectivity index (χ1n) is 8.20. The standard InChI is InChI=1S/C19H16ClF3N2O2/c1-11-7-14(20)5-6-16(11)25-10-12(8-17(25)26)18(27)24-15-4-2-3-13(9-15)19(21,22)23/h2-7,9,12H,8,10H2,1H3,(H,24,27). The van der Waals surface area contributed by atoms with Crippen molar-refractivity contribution in [1.29, 1.82) is 0 Å². The van der Waals surface area contributed by atoms with Crippen LogP contribution in [0.3, 0.4) is 0 Å². The molecule has 0 spiro atoms. The minimum Gasteiger partial charge on any atom is -0.326 e. The Morgan fingerprint density at radius 1 is 1.22 bits per heavy atom. The molecule has 1 atom stereocenters. The number of carbonyl (C=O) groups is 2. The Morgan fingerprint density at radius 3 is 2.63 bits per heavy atom. The van der Waals surface area contributed by atoms with Crippen LogP contribution < -0.4 is 10.2 Å². The van der Waals surface area contributed by atoms with E-state index in [1.807, 2.05) is 6.92 Å². The highest BCUT2D eigenvalue weighted by molar-refractivity contribution is 6.30. The molecule has 27 heavy (non-hydrogen) atoms. The smallest absolute Gasteiger partial charge is 0.326 e. The normalized spacial score (nSPS) is 17.3. The Kier molecular flexibility index (Phi) is 5.15. The predicted molar refractivity (Wildman–Crippen MR) is 96.7 cm³/mol. The third-order valence-electron chi connectivity index (χ3n) is 4.40. The summed E-state index contributed by atoms with van der Waals surface area (Å²) in [5.74, 6) is -1.36. The summed E-state index contributed by atoms with van der Waals surface area (Å²) in [7, 11) is 0. The van der Waals surface area contributed by atoms with Gasteiger partial charge in [-0.3, -0.25) is 9.59 Å². The number of alkyl halides is 3. The van der Waals surface area contributed by atoms with E-state index < -0.39 is 23.6 Å². The van der Waals surface area contributed by atoms with Crippen molar-refractivity contribution in [3.63, 3.8) is 0 Å². The average molecular weight is 397 g/mol. The van der Waals surface area contributed by atoms with Gasteiger partial charge in [-0.1, -0.05) is 17.7 Å². The predicted octanol–water partition coefficient (Wildman–Crippen LogP) is 4.66. The number of halogens is 4. The molecule has 1 saturated heterocycles. The zero-order valence-electron chi connectivity index (χ0n) is 14.3. The number of aryl methyl sites for hydroxylation is 1. The van der Waals surface area contributed by atoms with Gasteiger partial charge in [0.2, 0.25) is 11.8 Å². The molecule has 0 radical (unpaired) electrons. The number of nitrogens with zero attached hydrogens (tertiary/aromatic N) is 1. The lowest BCUT2D eigenvalue weighted by Crippen LogP contribution is -2.28. The monoisotopic (exact) mass is 396 g/mol. The van der Waals surface area contributed by atoms with Crippen LogP contribution in [0.1, 0.15) is 17.5 Å². The van der Waals surface area contributed by atoms with Gasteiger partial charge in [-0.15, -0.1) is 0 Å². The Bertz CT molecular complexity index is 899. The molecule has 1 aliphatic rings. The maximum atomic E-state index is 12.8. The zero-order chi connectivity index (χ0) is 19.8. The van der Waals surface area contributed by atoms with Crippen LogP contribution in [0.5, 0.6) is 0 Å². The van der Waals surface area contributed by atoms with Gasteiger partial charge in [-0.2, -0.15) is 13.2 Å². The largest absolute Gasteiger partial charge is 0.416 e. The van der Waals surface area contributed by atoms with Crippen LogP contribution >= 0.6 is 11.6 Å². The molecule has 142 valence electrons. The van der Waals surface area contributed by atoms with Crippen molar-refractivity contribution in [2.45, 2.75) is 19.5 Å². The quantitative estimate of drug-likeness (QED) is 0.820. The van der Waals surface area contributed by atoms with Crippen LogP contribution in [0.4, 0.5) is 24.5 Å². The van der Waals surface area contributed by atoms with Gasteiger partial charge < -0.3 is 10.2 Å². The molecule has 0 aliphatic carbocycles. The molecule has 1 N–H and O–H groups in total. The third-order valence-corrected chi connectivity index (χ3v) is 4.64. The summed E-state index contributed by atoms with van der Waals surface area (Å²) < 4.78 is 38.4. The zero-order valence-corrected chi connectivity index (χ0v) is 15.1. The van der Waals surface area contributed by atoms with E-state index >= 15 is 0 Å². The van der Waals surface area contributed by atoms with Gasteiger partial charge in [-0.05, 0) is 48.9 Å². The number of amides is 2. The lowest BCUT2D eigenvalue weighted by atomic mass is 10.1. The second-order valence-electron chi connectivity index (χ2n) is 6.40. The van der Waals surface area contributed by atoms with E-state index in [0.29, 0.717) is 10.7 Å². The molecule has 4 nitrogen and oxygen atoms in total. The van der Waals surface area contributed by atoms with Crippen molar-refractivity contribution in [3.8, 4) is 0 Å². The van der Waals surface area contributed by atoms with E-state index in [0.717, 1.165) is 17.7 Å². The maximum absolute atomic E-state index is 12.8. The number of hydrogen-bond donors (Lipinski definition) is 1. The van der Waals surface area contributed by atoms with E-state index in [1.165, 1.54) is 17.0 Å². The summed E-state index contributed by atoms with van der Waals surface area (Å²) in [6.07, 6.45) is -4.50. The van der Waals surface area contributed by atoms with Crippen molar-refractivity contribution in [2.75, 3.05) is 16.8 Å². The molecule has 1 unspecified atom stereocenters. The molecule has 0 bridgehead atoms. The molecular weight excluding hydrogens is 381 g/mol. The van der Waals surface area contributed by atoms with Crippen molar-refractivity contribution in [1.82, 2.24) is 0 Å². The number of anilines is 2. The lowest BCUT2D eigenvalue weighted by Gasteiger charge is -2.19. The Morgan fingerprint density at radius 2 is 1.96 bits per heavy atom. The Hall–Kier alpha value is -2.54. The van der Waals surface area contributed by atoms with Gasteiger partial charge in [0.15, 0.2) is 0 Å². The highest BCUT2D eigenvalue weighted by atomic mass is 35.5. The second-order valence-corrected chi connectivity index (χ2v) is 6.84. The number of nitrogens with one attached hydrogen (secondary N) is 1. The first-order chi connectivity index (χ1) is 12.6. The molecule has 0 saturated carbocycles. The topological polar surface area (TPSA) is 49.4 Å². The van der Waals surface area contributed by atoms with E-state index in [4.69, 9.17) is 11.6 Å². The summed E-state index contributed by atoms with van der Waals surface area (Å²) in [4.78, 5) is 26.3. The molecule has 8 heteroatoms. The fraction of sp³-hybridized carbons (Fsp3) is 0.263. The number of rotatable bonds is 3. The van der Waals surface area contributed by atoms with E-state index in [1.54, 1.807) is 18.2 Å². The third kappa shape index (κ3) is 4.24. The molecule has 2 aromatic carbocycles. The van der Waals surface area contributed by atoms with E-state index in [9.17, 15) is 22.8 Å². The van der Waals surface area contributed by atoms with E-state index in [-0.39, 0.29) is 24.6 Å². The molecule has 2 amide bonds. The first kappa shape index (κ1) is 19.2. The maximum Gasteiger partial charge on any atom is 0.416 e. The van der Waals surface area contributed by atoms with Crippen molar-refractivity contribution in [3.05, 3.63) is 58.6 Å². The molecular formula is C19H16ClF3N2O2. The lowest BCUT2D eigenvalue weighted by molar-refractivity contribution is -0.137. The number of benzene rings is 2. The molecule has 1 fully saturated rings. The summed E-state index contributed by atoms with van der Waals surface area (Å²) in [5.41, 5.74) is 0.665. The minimum absolute atomic E-state index is 0.00708. The second kappa shape index (κ2) is 7.23. The van der Waals surface area contributed by atoms with Gasteiger partial charge >= 0.3 is 6.18 Å². The summed E-state index contributed by atoms with van der Waals surface area (Å²) in [6.45, 7) is 1.97. The van der Waals surface area contributed by atoms with Gasteiger partial charge in [0.05, 0.1) is 11.5 Å². The Balaban J connectivity index is 1.73. The fourth-order valence-corrected chi connectivity index (χ4v) is 3.28. The summed E-state index contributed by atoms with van der Waals surface area (Å²) >= 11 is 5.93. The number of hydrogen-bond acceptors (Lipinski definition) is 2. The summed E-state index contributed by atoms with van der Waals surface area (Å²) in [5, 5.41) is 3.02. The van der Waals surface area contributed by atoms with Crippen LogP contribution in [-0.4, -0.2) is 18.4 Å². The summed E-state index contributed by atoms with van der Waals surface area (Å²) in [6, 6.07) is 9.50. The van der Waals surface area contributed by atoms with Gasteiger partial charge in [0, 0.05) is 29.4 Å². The van der Waals surface area contributed by atoms with Crippen molar-refractivity contribution >= 4 is 34.8 Å². The minimum atomic E-state index is -4.49. The Labute approximate surface area is 158 Å². The van der Waals surface area contributed by atoms with Gasteiger partial charge in [0.1, 0.15) is 0 Å². The van der Waals surface area contributed by atoms with Crippen LogP contribution in [0.2, 0.25) is 5.02 Å². The van der Waals surface area contributed by atoms with Gasteiger partial charge in [-0.25, -0.2) is 0 Å². The highest BCUT2D eigenvalue weighted by Crippen LogP contribution is 2.32. The molecule has 1 aliphatic heterocycles. The van der Waals surface area contributed by atoms with Crippen molar-refractivity contribution < 1.29 is 22.8 Å². The molecule has 1 heterocycles. The van der Waals surface area contributed by atoms with E-state index in [2.05, 4.69) is 5.32 Å².